The van der Waals surface area contributed by atoms with Crippen LogP contribution in [0.15, 0.2) is 18.2 Å². The number of fused-ring (bicyclic) bond motifs is 1. The molecule has 1 aliphatic carbocycles. The van der Waals surface area contributed by atoms with Gasteiger partial charge in [0, 0.05) is 0 Å². The zero-order valence-corrected chi connectivity index (χ0v) is 7.99. The van der Waals surface area contributed by atoms with Crippen molar-refractivity contribution >= 4 is 5.97 Å². The van der Waals surface area contributed by atoms with Gasteiger partial charge in [0.15, 0.2) is 0 Å². The van der Waals surface area contributed by atoms with Crippen molar-refractivity contribution in [2.45, 2.75) is 12.8 Å². The van der Waals surface area contributed by atoms with Crippen LogP contribution in [0.3, 0.4) is 0 Å². The van der Waals surface area contributed by atoms with E-state index >= 15 is 0 Å². The van der Waals surface area contributed by atoms with Crippen LogP contribution in [0, 0.1) is 5.92 Å². The van der Waals surface area contributed by atoms with E-state index < -0.39 is 5.97 Å². The summed E-state index contributed by atoms with van der Waals surface area (Å²) in [5, 5.41) is 8.88. The fraction of sp³-hybridized carbons (Fsp3) is 0.364. The van der Waals surface area contributed by atoms with Gasteiger partial charge in [-0.05, 0) is 36.1 Å². The normalized spacial score (nSPS) is 19.1. The zero-order chi connectivity index (χ0) is 10.1. The Bertz CT molecular complexity index is 371. The first-order valence-corrected chi connectivity index (χ1v) is 4.59. The molecule has 1 atom stereocenters. The first-order valence-electron chi connectivity index (χ1n) is 4.59. The van der Waals surface area contributed by atoms with Gasteiger partial charge in [-0.2, -0.15) is 0 Å². The van der Waals surface area contributed by atoms with Gasteiger partial charge in [-0.3, -0.25) is 4.79 Å². The molecule has 3 heteroatoms. The molecule has 1 unspecified atom stereocenters. The average Bonchev–Trinajstić information content (AvgIpc) is 2.59. The fourth-order valence-corrected chi connectivity index (χ4v) is 1.90. The maximum atomic E-state index is 10.8. The first kappa shape index (κ1) is 9.06. The molecule has 1 N–H and O–H groups in total. The number of ether oxygens (including phenoxy) is 1. The van der Waals surface area contributed by atoms with Crippen LogP contribution in [0.1, 0.15) is 11.1 Å². The minimum atomic E-state index is -0.708. The van der Waals surface area contributed by atoms with Crippen molar-refractivity contribution in [3.63, 3.8) is 0 Å². The van der Waals surface area contributed by atoms with Crippen LogP contribution in [0.5, 0.6) is 5.75 Å². The molecule has 0 aromatic heterocycles. The largest absolute Gasteiger partial charge is 0.497 e. The molecule has 0 heterocycles. The minimum absolute atomic E-state index is 0.253. The molecular formula is C11H12O3. The Labute approximate surface area is 82.3 Å². The van der Waals surface area contributed by atoms with Gasteiger partial charge in [0.05, 0.1) is 13.0 Å². The van der Waals surface area contributed by atoms with Crippen LogP contribution in [0.4, 0.5) is 0 Å². The Hall–Kier alpha value is -1.51. The highest BCUT2D eigenvalue weighted by atomic mass is 16.5. The summed E-state index contributed by atoms with van der Waals surface area (Å²) in [4.78, 5) is 10.8. The van der Waals surface area contributed by atoms with E-state index in [1.54, 1.807) is 7.11 Å². The number of carboxylic acids is 1. The van der Waals surface area contributed by atoms with Gasteiger partial charge in [-0.15, -0.1) is 0 Å². The molecule has 0 saturated carbocycles. The molecular weight excluding hydrogens is 180 g/mol. The monoisotopic (exact) mass is 192 g/mol. The summed E-state index contributed by atoms with van der Waals surface area (Å²) in [6.07, 6.45) is 1.27. The van der Waals surface area contributed by atoms with Crippen LogP contribution in [-0.4, -0.2) is 18.2 Å². The lowest BCUT2D eigenvalue weighted by molar-refractivity contribution is -0.141. The summed E-state index contributed by atoms with van der Waals surface area (Å²) in [5.74, 6) is -0.160. The zero-order valence-electron chi connectivity index (χ0n) is 7.99. The Morgan fingerprint density at radius 1 is 1.43 bits per heavy atom. The molecule has 74 valence electrons. The van der Waals surface area contributed by atoms with E-state index in [1.165, 1.54) is 0 Å². The predicted molar refractivity (Wildman–Crippen MR) is 51.5 cm³/mol. The maximum absolute atomic E-state index is 10.8. The van der Waals surface area contributed by atoms with Crippen molar-refractivity contribution in [3.8, 4) is 5.75 Å². The second-order valence-corrected chi connectivity index (χ2v) is 3.58. The first-order chi connectivity index (χ1) is 6.70. The SMILES string of the molecule is COc1ccc2c(c1)CC(C(=O)O)C2. The van der Waals surface area contributed by atoms with E-state index in [-0.39, 0.29) is 5.92 Å². The topological polar surface area (TPSA) is 46.5 Å². The number of benzene rings is 1. The van der Waals surface area contributed by atoms with Crippen LogP contribution in [0.2, 0.25) is 0 Å². The number of hydrogen-bond donors (Lipinski definition) is 1. The van der Waals surface area contributed by atoms with Crippen molar-refractivity contribution in [1.82, 2.24) is 0 Å². The summed E-state index contributed by atoms with van der Waals surface area (Å²) in [7, 11) is 1.62. The third-order valence-electron chi connectivity index (χ3n) is 2.70. The average molecular weight is 192 g/mol. The summed E-state index contributed by atoms with van der Waals surface area (Å²) in [6, 6.07) is 5.76. The highest BCUT2D eigenvalue weighted by Crippen LogP contribution is 2.29. The van der Waals surface area contributed by atoms with Gasteiger partial charge in [0.25, 0.3) is 0 Å². The summed E-state index contributed by atoms with van der Waals surface area (Å²) < 4.78 is 5.09. The standard InChI is InChI=1S/C11H12O3/c1-14-10-3-2-7-4-9(11(12)13)5-8(7)6-10/h2-3,6,9H,4-5H2,1H3,(H,12,13). The molecule has 0 amide bonds. The Kier molecular flexibility index (Phi) is 2.15. The van der Waals surface area contributed by atoms with E-state index in [0.717, 1.165) is 16.9 Å². The summed E-state index contributed by atoms with van der Waals surface area (Å²) in [5.41, 5.74) is 2.25. The van der Waals surface area contributed by atoms with E-state index in [1.807, 2.05) is 18.2 Å². The molecule has 0 bridgehead atoms. The van der Waals surface area contributed by atoms with Gasteiger partial charge < -0.3 is 9.84 Å². The molecule has 0 saturated heterocycles. The molecule has 0 radical (unpaired) electrons. The number of rotatable bonds is 2. The molecule has 1 aromatic carbocycles. The lowest BCUT2D eigenvalue weighted by Crippen LogP contribution is -2.12. The number of carbonyl (C=O) groups is 1. The molecule has 2 rings (SSSR count). The molecule has 1 aliphatic rings. The molecule has 1 aromatic rings. The quantitative estimate of drug-likeness (QED) is 0.772. The van der Waals surface area contributed by atoms with Crippen molar-refractivity contribution in [1.29, 1.82) is 0 Å². The molecule has 0 aliphatic heterocycles. The van der Waals surface area contributed by atoms with E-state index in [0.29, 0.717) is 12.8 Å². The van der Waals surface area contributed by atoms with Gasteiger partial charge in [0.2, 0.25) is 0 Å². The minimum Gasteiger partial charge on any atom is -0.497 e. The van der Waals surface area contributed by atoms with Crippen LogP contribution < -0.4 is 4.74 Å². The Balaban J connectivity index is 2.27. The molecule has 0 fully saturated rings. The highest BCUT2D eigenvalue weighted by Gasteiger charge is 2.27. The van der Waals surface area contributed by atoms with Gasteiger partial charge in [0.1, 0.15) is 5.75 Å². The number of carboxylic acid groups (broad SMARTS) is 1. The van der Waals surface area contributed by atoms with E-state index in [4.69, 9.17) is 9.84 Å². The van der Waals surface area contributed by atoms with E-state index in [2.05, 4.69) is 0 Å². The maximum Gasteiger partial charge on any atom is 0.307 e. The lowest BCUT2D eigenvalue weighted by Gasteiger charge is -2.02. The van der Waals surface area contributed by atoms with Crippen LogP contribution in [-0.2, 0) is 17.6 Å². The number of methoxy groups -OCH3 is 1. The van der Waals surface area contributed by atoms with Crippen LogP contribution >= 0.6 is 0 Å². The Morgan fingerprint density at radius 2 is 2.14 bits per heavy atom. The summed E-state index contributed by atoms with van der Waals surface area (Å²) in [6.45, 7) is 0. The van der Waals surface area contributed by atoms with Crippen molar-refractivity contribution in [2.24, 2.45) is 5.92 Å². The van der Waals surface area contributed by atoms with Crippen molar-refractivity contribution in [3.05, 3.63) is 29.3 Å². The van der Waals surface area contributed by atoms with Crippen molar-refractivity contribution in [2.75, 3.05) is 7.11 Å². The van der Waals surface area contributed by atoms with Crippen LogP contribution in [0.25, 0.3) is 0 Å². The van der Waals surface area contributed by atoms with Gasteiger partial charge >= 0.3 is 5.97 Å². The predicted octanol–water partition coefficient (Wildman–Crippen LogP) is 1.49. The third kappa shape index (κ3) is 1.45. The lowest BCUT2D eigenvalue weighted by atomic mass is 10.1. The van der Waals surface area contributed by atoms with Gasteiger partial charge in [-0.25, -0.2) is 0 Å². The highest BCUT2D eigenvalue weighted by molar-refractivity contribution is 5.72. The second kappa shape index (κ2) is 3.33. The molecule has 3 nitrogen and oxygen atoms in total. The fourth-order valence-electron chi connectivity index (χ4n) is 1.90. The Morgan fingerprint density at radius 3 is 2.79 bits per heavy atom. The van der Waals surface area contributed by atoms with Gasteiger partial charge in [-0.1, -0.05) is 6.07 Å². The third-order valence-corrected chi connectivity index (χ3v) is 2.70. The van der Waals surface area contributed by atoms with Crippen molar-refractivity contribution < 1.29 is 14.6 Å². The molecule has 0 spiro atoms. The number of aliphatic carboxylic acids is 1. The molecule has 14 heavy (non-hydrogen) atoms. The summed E-state index contributed by atoms with van der Waals surface area (Å²) >= 11 is 0. The number of hydrogen-bond acceptors (Lipinski definition) is 2. The van der Waals surface area contributed by atoms with E-state index in [9.17, 15) is 4.79 Å². The smallest absolute Gasteiger partial charge is 0.307 e. The second-order valence-electron chi connectivity index (χ2n) is 3.58.